The lowest BCUT2D eigenvalue weighted by Crippen LogP contribution is -2.33. The average molecular weight is 276 g/mol. The molecule has 110 valence electrons. The molecule has 20 heavy (non-hydrogen) atoms. The van der Waals surface area contributed by atoms with E-state index in [1.165, 1.54) is 19.4 Å². The largest absolute Gasteiger partial charge is 0.356 e. The first-order valence-corrected chi connectivity index (χ1v) is 7.44. The van der Waals surface area contributed by atoms with E-state index in [4.69, 9.17) is 0 Å². The molecular formula is C15H24N4O. The first-order chi connectivity index (χ1) is 9.74. The van der Waals surface area contributed by atoms with Gasteiger partial charge in [0.15, 0.2) is 0 Å². The number of aromatic nitrogens is 2. The summed E-state index contributed by atoms with van der Waals surface area (Å²) in [7, 11) is 2.16. The molecule has 0 bridgehead atoms. The standard InChI is InChI=1S/C15H24N4O/c1-19-10-2-3-13(12-19)4-5-15(20)18-7-6-14-11-16-8-9-17-14/h8-9,11,13H,2-7,10,12H2,1H3,(H,18,20)/t13-/m1/s1. The summed E-state index contributed by atoms with van der Waals surface area (Å²) < 4.78 is 0. The first-order valence-electron chi connectivity index (χ1n) is 7.44. The predicted octanol–water partition coefficient (Wildman–Crippen LogP) is 1.26. The van der Waals surface area contributed by atoms with Gasteiger partial charge in [-0.15, -0.1) is 0 Å². The average Bonchev–Trinajstić information content (AvgIpc) is 2.46. The molecule has 0 aliphatic carbocycles. The number of nitrogens with zero attached hydrogens (tertiary/aromatic N) is 3. The van der Waals surface area contributed by atoms with Gasteiger partial charge in [-0.05, 0) is 38.8 Å². The van der Waals surface area contributed by atoms with E-state index >= 15 is 0 Å². The Balaban J connectivity index is 1.58. The zero-order valence-corrected chi connectivity index (χ0v) is 12.2. The van der Waals surface area contributed by atoms with Crippen molar-refractivity contribution in [3.05, 3.63) is 24.3 Å². The van der Waals surface area contributed by atoms with Crippen LogP contribution in [0.5, 0.6) is 0 Å². The Morgan fingerprint density at radius 1 is 1.50 bits per heavy atom. The van der Waals surface area contributed by atoms with Gasteiger partial charge >= 0.3 is 0 Å². The third-order valence-corrected chi connectivity index (χ3v) is 3.82. The number of hydrogen-bond donors (Lipinski definition) is 1. The number of carbonyl (C=O) groups is 1. The zero-order valence-electron chi connectivity index (χ0n) is 12.2. The maximum Gasteiger partial charge on any atom is 0.220 e. The van der Waals surface area contributed by atoms with Crippen LogP contribution in [-0.2, 0) is 11.2 Å². The molecular weight excluding hydrogens is 252 g/mol. The molecule has 2 rings (SSSR count). The molecule has 1 fully saturated rings. The maximum absolute atomic E-state index is 11.8. The predicted molar refractivity (Wildman–Crippen MR) is 78.2 cm³/mol. The Hall–Kier alpha value is -1.49. The SMILES string of the molecule is CN1CCC[C@H](CCC(=O)NCCc2cnccn2)C1. The third kappa shape index (κ3) is 5.25. The smallest absolute Gasteiger partial charge is 0.220 e. The van der Waals surface area contributed by atoms with Crippen molar-refractivity contribution in [2.45, 2.75) is 32.1 Å². The van der Waals surface area contributed by atoms with Crippen molar-refractivity contribution in [2.75, 3.05) is 26.7 Å². The van der Waals surface area contributed by atoms with E-state index in [-0.39, 0.29) is 5.91 Å². The van der Waals surface area contributed by atoms with Gasteiger partial charge in [-0.25, -0.2) is 0 Å². The summed E-state index contributed by atoms with van der Waals surface area (Å²) in [5.41, 5.74) is 0.918. The molecule has 2 heterocycles. The van der Waals surface area contributed by atoms with E-state index in [9.17, 15) is 4.79 Å². The molecule has 5 nitrogen and oxygen atoms in total. The van der Waals surface area contributed by atoms with E-state index in [1.54, 1.807) is 18.6 Å². The molecule has 1 aromatic heterocycles. The number of piperidine rings is 1. The van der Waals surface area contributed by atoms with Gasteiger partial charge in [0.05, 0.1) is 5.69 Å². The fraction of sp³-hybridized carbons (Fsp3) is 0.667. The van der Waals surface area contributed by atoms with Crippen LogP contribution >= 0.6 is 0 Å². The molecule has 1 aromatic rings. The van der Waals surface area contributed by atoms with Gasteiger partial charge in [0.25, 0.3) is 0 Å². The van der Waals surface area contributed by atoms with Crippen molar-refractivity contribution in [3.8, 4) is 0 Å². The quantitative estimate of drug-likeness (QED) is 0.850. The first kappa shape index (κ1) is 14.9. The molecule has 1 atom stereocenters. The van der Waals surface area contributed by atoms with Gasteiger partial charge in [0.1, 0.15) is 0 Å². The molecule has 5 heteroatoms. The second-order valence-electron chi connectivity index (χ2n) is 5.61. The van der Waals surface area contributed by atoms with Crippen LogP contribution in [0.2, 0.25) is 0 Å². The minimum atomic E-state index is 0.155. The van der Waals surface area contributed by atoms with Crippen molar-refractivity contribution in [1.29, 1.82) is 0 Å². The summed E-state index contributed by atoms with van der Waals surface area (Å²) in [6.45, 7) is 2.97. The molecule has 0 spiro atoms. The molecule has 0 unspecified atom stereocenters. The van der Waals surface area contributed by atoms with Crippen LogP contribution in [0.15, 0.2) is 18.6 Å². The second-order valence-corrected chi connectivity index (χ2v) is 5.61. The van der Waals surface area contributed by atoms with Gasteiger partial charge in [0.2, 0.25) is 5.91 Å². The highest BCUT2D eigenvalue weighted by Gasteiger charge is 2.17. The lowest BCUT2D eigenvalue weighted by atomic mass is 9.93. The van der Waals surface area contributed by atoms with E-state index in [0.29, 0.717) is 18.9 Å². The molecule has 1 amide bonds. The monoisotopic (exact) mass is 276 g/mol. The summed E-state index contributed by atoms with van der Waals surface area (Å²) in [6, 6.07) is 0. The Kier molecular flexibility index (Phi) is 5.92. The minimum absolute atomic E-state index is 0.155. The van der Waals surface area contributed by atoms with Crippen molar-refractivity contribution in [3.63, 3.8) is 0 Å². The molecule has 0 aromatic carbocycles. The zero-order chi connectivity index (χ0) is 14.2. The number of hydrogen-bond acceptors (Lipinski definition) is 4. The summed E-state index contributed by atoms with van der Waals surface area (Å²) >= 11 is 0. The Morgan fingerprint density at radius 3 is 3.15 bits per heavy atom. The number of nitrogens with one attached hydrogen (secondary N) is 1. The maximum atomic E-state index is 11.8. The number of amides is 1. The third-order valence-electron chi connectivity index (χ3n) is 3.82. The van der Waals surface area contributed by atoms with Crippen molar-refractivity contribution < 1.29 is 4.79 Å². The normalized spacial score (nSPS) is 19.8. The van der Waals surface area contributed by atoms with Crippen LogP contribution in [-0.4, -0.2) is 47.5 Å². The van der Waals surface area contributed by atoms with Crippen molar-refractivity contribution >= 4 is 5.91 Å². The second kappa shape index (κ2) is 7.94. The Labute approximate surface area is 120 Å². The van der Waals surface area contributed by atoms with Crippen LogP contribution in [0.4, 0.5) is 0 Å². The van der Waals surface area contributed by atoms with Crippen molar-refractivity contribution in [2.24, 2.45) is 5.92 Å². The van der Waals surface area contributed by atoms with Crippen molar-refractivity contribution in [1.82, 2.24) is 20.2 Å². The van der Waals surface area contributed by atoms with Gasteiger partial charge in [-0.3, -0.25) is 14.8 Å². The van der Waals surface area contributed by atoms with Crippen LogP contribution < -0.4 is 5.32 Å². The van der Waals surface area contributed by atoms with Crippen LogP contribution in [0.1, 0.15) is 31.4 Å². The fourth-order valence-electron chi connectivity index (χ4n) is 2.72. The van der Waals surface area contributed by atoms with E-state index in [2.05, 4.69) is 27.2 Å². The highest BCUT2D eigenvalue weighted by Crippen LogP contribution is 2.19. The number of likely N-dealkylation sites (tertiary alicyclic amines) is 1. The highest BCUT2D eigenvalue weighted by molar-refractivity contribution is 5.75. The topological polar surface area (TPSA) is 58.1 Å². The van der Waals surface area contributed by atoms with Gasteiger partial charge < -0.3 is 10.2 Å². The summed E-state index contributed by atoms with van der Waals surface area (Å²) in [5, 5.41) is 2.96. The van der Waals surface area contributed by atoms with Crippen LogP contribution in [0, 0.1) is 5.92 Å². The van der Waals surface area contributed by atoms with E-state index in [1.807, 2.05) is 0 Å². The fourth-order valence-corrected chi connectivity index (χ4v) is 2.72. The van der Waals surface area contributed by atoms with E-state index in [0.717, 1.165) is 25.1 Å². The molecule has 0 saturated carbocycles. The summed E-state index contributed by atoms with van der Waals surface area (Å²) in [6.07, 6.45) is 9.97. The molecule has 1 saturated heterocycles. The summed E-state index contributed by atoms with van der Waals surface area (Å²) in [4.78, 5) is 22.3. The number of carbonyl (C=O) groups excluding carboxylic acids is 1. The minimum Gasteiger partial charge on any atom is -0.356 e. The lowest BCUT2D eigenvalue weighted by Gasteiger charge is -2.29. The highest BCUT2D eigenvalue weighted by atomic mass is 16.1. The Bertz CT molecular complexity index is 410. The molecule has 1 aliphatic heterocycles. The molecule has 1 aliphatic rings. The molecule has 1 N–H and O–H groups in total. The Morgan fingerprint density at radius 2 is 2.40 bits per heavy atom. The van der Waals surface area contributed by atoms with Gasteiger partial charge in [-0.2, -0.15) is 0 Å². The summed E-state index contributed by atoms with van der Waals surface area (Å²) in [5.74, 6) is 0.835. The van der Waals surface area contributed by atoms with E-state index < -0.39 is 0 Å². The van der Waals surface area contributed by atoms with Gasteiger partial charge in [0, 0.05) is 44.5 Å². The van der Waals surface area contributed by atoms with Gasteiger partial charge in [-0.1, -0.05) is 0 Å². The van der Waals surface area contributed by atoms with Crippen LogP contribution in [0.3, 0.4) is 0 Å². The molecule has 0 radical (unpaired) electrons. The number of rotatable bonds is 6. The van der Waals surface area contributed by atoms with Crippen LogP contribution in [0.25, 0.3) is 0 Å². The lowest BCUT2D eigenvalue weighted by molar-refractivity contribution is -0.121.